The quantitative estimate of drug-likeness (QED) is 0.641. The van der Waals surface area contributed by atoms with Crippen molar-refractivity contribution in [1.82, 2.24) is 4.98 Å². The van der Waals surface area contributed by atoms with E-state index in [2.05, 4.69) is 19.8 Å². The molecule has 0 saturated heterocycles. The normalized spacial score (nSPS) is 17.3. The Morgan fingerprint density at radius 1 is 1.03 bits per heavy atom. The Balaban J connectivity index is 1.36. The van der Waals surface area contributed by atoms with Gasteiger partial charge in [-0.05, 0) is 48.2 Å². The lowest BCUT2D eigenvalue weighted by Gasteiger charge is -2.16. The number of carbonyl (C=O) groups excluding carboxylic acids is 1. The zero-order valence-electron chi connectivity index (χ0n) is 16.3. The first-order valence-electron chi connectivity index (χ1n) is 9.78. The van der Waals surface area contributed by atoms with Crippen molar-refractivity contribution < 1.29 is 28.2 Å². The van der Waals surface area contributed by atoms with E-state index in [1.165, 1.54) is 12.1 Å². The fourth-order valence-corrected chi connectivity index (χ4v) is 3.70. The van der Waals surface area contributed by atoms with Crippen molar-refractivity contribution in [1.29, 1.82) is 0 Å². The van der Waals surface area contributed by atoms with Gasteiger partial charge in [0.25, 0.3) is 0 Å². The third-order valence-electron chi connectivity index (χ3n) is 5.56. The maximum absolute atomic E-state index is 13.3. The third-order valence-corrected chi connectivity index (χ3v) is 5.56. The second-order valence-corrected chi connectivity index (χ2v) is 7.63. The molecule has 1 aliphatic carbocycles. The standard InChI is InChI=1S/C23H18F2N2O4/c24-23(25)30-18-9-8-16(12-19(18)31-23)22(10-11-22)21(29)27-20-3-1-2-17(26-20)15-6-4-14(13-28)5-7-15/h1-9,12,28H,10-11,13H2,(H,26,27,29). The Hall–Kier alpha value is -3.52. The molecule has 1 fully saturated rings. The lowest BCUT2D eigenvalue weighted by atomic mass is 9.94. The monoisotopic (exact) mass is 424 g/mol. The van der Waals surface area contributed by atoms with Crippen molar-refractivity contribution in [3.8, 4) is 22.8 Å². The van der Waals surface area contributed by atoms with Gasteiger partial charge in [-0.25, -0.2) is 4.98 Å². The van der Waals surface area contributed by atoms with Crippen LogP contribution in [0.4, 0.5) is 14.6 Å². The first kappa shape index (κ1) is 19.4. The van der Waals surface area contributed by atoms with Gasteiger partial charge in [0, 0.05) is 5.56 Å². The van der Waals surface area contributed by atoms with Gasteiger partial charge in [0.1, 0.15) is 5.82 Å². The Morgan fingerprint density at radius 3 is 2.48 bits per heavy atom. The van der Waals surface area contributed by atoms with Crippen LogP contribution >= 0.6 is 0 Å². The minimum Gasteiger partial charge on any atom is -0.395 e. The van der Waals surface area contributed by atoms with E-state index in [0.29, 0.717) is 29.9 Å². The molecule has 0 bridgehead atoms. The fourth-order valence-electron chi connectivity index (χ4n) is 3.70. The van der Waals surface area contributed by atoms with Gasteiger partial charge >= 0.3 is 6.29 Å². The van der Waals surface area contributed by atoms with Crippen molar-refractivity contribution in [3.05, 3.63) is 71.8 Å². The molecule has 1 aliphatic heterocycles. The van der Waals surface area contributed by atoms with E-state index in [9.17, 15) is 18.7 Å². The summed E-state index contributed by atoms with van der Waals surface area (Å²) in [7, 11) is 0. The molecule has 0 radical (unpaired) electrons. The van der Waals surface area contributed by atoms with E-state index in [1.807, 2.05) is 30.3 Å². The molecule has 2 aliphatic rings. The Bertz CT molecular complexity index is 1160. The number of benzene rings is 2. The molecule has 158 valence electrons. The van der Waals surface area contributed by atoms with Crippen LogP contribution in [-0.2, 0) is 16.8 Å². The number of halogens is 2. The van der Waals surface area contributed by atoms with E-state index < -0.39 is 11.7 Å². The van der Waals surface area contributed by atoms with Gasteiger partial charge in [0.15, 0.2) is 11.5 Å². The van der Waals surface area contributed by atoms with E-state index in [0.717, 1.165) is 11.1 Å². The number of aromatic nitrogens is 1. The predicted molar refractivity (Wildman–Crippen MR) is 108 cm³/mol. The van der Waals surface area contributed by atoms with E-state index in [4.69, 9.17) is 0 Å². The first-order valence-corrected chi connectivity index (χ1v) is 9.78. The molecule has 2 N–H and O–H groups in total. The molecule has 0 spiro atoms. The molecule has 1 saturated carbocycles. The summed E-state index contributed by atoms with van der Waals surface area (Å²) in [5, 5.41) is 12.0. The molecular weight excluding hydrogens is 406 g/mol. The number of hydrogen-bond acceptors (Lipinski definition) is 5. The minimum absolute atomic E-state index is 0.0383. The maximum Gasteiger partial charge on any atom is 0.586 e. The molecule has 8 heteroatoms. The van der Waals surface area contributed by atoms with Crippen molar-refractivity contribution in [3.63, 3.8) is 0 Å². The smallest absolute Gasteiger partial charge is 0.395 e. The SMILES string of the molecule is O=C(Nc1cccc(-c2ccc(CO)cc2)n1)C1(c2ccc3c(c2)OC(F)(F)O3)CC1. The second kappa shape index (κ2) is 7.02. The number of ether oxygens (including phenoxy) is 2. The average molecular weight is 424 g/mol. The number of hydrogen-bond donors (Lipinski definition) is 2. The van der Waals surface area contributed by atoms with Crippen LogP contribution in [-0.4, -0.2) is 22.3 Å². The Labute approximate surface area is 176 Å². The van der Waals surface area contributed by atoms with Crippen LogP contribution in [0.15, 0.2) is 60.7 Å². The maximum atomic E-state index is 13.3. The summed E-state index contributed by atoms with van der Waals surface area (Å²) in [5.74, 6) is 0.0188. The number of aliphatic hydroxyl groups is 1. The van der Waals surface area contributed by atoms with Crippen LogP contribution < -0.4 is 14.8 Å². The number of amides is 1. The molecule has 2 aromatic carbocycles. The molecule has 6 nitrogen and oxygen atoms in total. The molecule has 3 aromatic rings. The van der Waals surface area contributed by atoms with Crippen molar-refractivity contribution >= 4 is 11.7 Å². The molecule has 1 amide bonds. The van der Waals surface area contributed by atoms with Gasteiger partial charge in [-0.2, -0.15) is 0 Å². The summed E-state index contributed by atoms with van der Waals surface area (Å²) < 4.78 is 35.6. The summed E-state index contributed by atoms with van der Waals surface area (Å²) in [5.41, 5.74) is 2.12. The van der Waals surface area contributed by atoms with E-state index in [1.54, 1.807) is 18.2 Å². The summed E-state index contributed by atoms with van der Waals surface area (Å²) in [4.78, 5) is 17.6. The number of rotatable bonds is 5. The molecule has 5 rings (SSSR count). The summed E-state index contributed by atoms with van der Waals surface area (Å²) in [6.45, 7) is -0.0383. The van der Waals surface area contributed by atoms with Crippen LogP contribution in [0.1, 0.15) is 24.0 Å². The Morgan fingerprint density at radius 2 is 1.77 bits per heavy atom. The lowest BCUT2D eigenvalue weighted by Crippen LogP contribution is -2.28. The summed E-state index contributed by atoms with van der Waals surface area (Å²) in [6, 6.07) is 17.1. The third kappa shape index (κ3) is 3.59. The number of carbonyl (C=O) groups is 1. The van der Waals surface area contributed by atoms with Gasteiger partial charge in [-0.15, -0.1) is 8.78 Å². The van der Waals surface area contributed by atoms with Gasteiger partial charge < -0.3 is 19.9 Å². The first-order chi connectivity index (χ1) is 14.9. The fraction of sp³-hybridized carbons (Fsp3) is 0.217. The number of nitrogens with one attached hydrogen (secondary N) is 1. The summed E-state index contributed by atoms with van der Waals surface area (Å²) >= 11 is 0. The molecule has 2 heterocycles. The van der Waals surface area contributed by atoms with Crippen LogP contribution in [0.5, 0.6) is 11.5 Å². The molecule has 1 aromatic heterocycles. The number of fused-ring (bicyclic) bond motifs is 1. The number of alkyl halides is 2. The molecule has 0 atom stereocenters. The highest BCUT2D eigenvalue weighted by Crippen LogP contribution is 2.52. The van der Waals surface area contributed by atoms with Gasteiger partial charge in [-0.3, -0.25) is 4.79 Å². The molecule has 31 heavy (non-hydrogen) atoms. The highest BCUT2D eigenvalue weighted by molar-refractivity contribution is 6.01. The largest absolute Gasteiger partial charge is 0.586 e. The van der Waals surface area contributed by atoms with Crippen LogP contribution in [0.25, 0.3) is 11.3 Å². The zero-order valence-corrected chi connectivity index (χ0v) is 16.3. The van der Waals surface area contributed by atoms with Crippen LogP contribution in [0.2, 0.25) is 0 Å². The number of pyridine rings is 1. The number of nitrogens with zero attached hydrogens (tertiary/aromatic N) is 1. The topological polar surface area (TPSA) is 80.7 Å². The van der Waals surface area contributed by atoms with Crippen LogP contribution in [0, 0.1) is 0 Å². The minimum atomic E-state index is -3.69. The highest BCUT2D eigenvalue weighted by atomic mass is 19.3. The zero-order chi connectivity index (χ0) is 21.6. The lowest BCUT2D eigenvalue weighted by molar-refractivity contribution is -0.286. The number of anilines is 1. The average Bonchev–Trinajstić information content (AvgIpc) is 3.51. The molecule has 0 unspecified atom stereocenters. The number of aliphatic hydroxyl groups excluding tert-OH is 1. The van der Waals surface area contributed by atoms with Crippen molar-refractivity contribution in [2.24, 2.45) is 0 Å². The molecular formula is C23H18F2N2O4. The van der Waals surface area contributed by atoms with Gasteiger partial charge in [-0.1, -0.05) is 36.4 Å². The predicted octanol–water partition coefficient (Wildman–Crippen LogP) is 4.23. The van der Waals surface area contributed by atoms with Crippen molar-refractivity contribution in [2.45, 2.75) is 31.2 Å². The van der Waals surface area contributed by atoms with Crippen molar-refractivity contribution in [2.75, 3.05) is 5.32 Å². The highest BCUT2D eigenvalue weighted by Gasteiger charge is 2.52. The van der Waals surface area contributed by atoms with Gasteiger partial charge in [0.05, 0.1) is 17.7 Å². The van der Waals surface area contributed by atoms with E-state index >= 15 is 0 Å². The van der Waals surface area contributed by atoms with Gasteiger partial charge in [0.2, 0.25) is 5.91 Å². The summed E-state index contributed by atoms with van der Waals surface area (Å²) in [6.07, 6.45) is -2.51. The Kier molecular flexibility index (Phi) is 4.40. The van der Waals surface area contributed by atoms with Crippen LogP contribution in [0.3, 0.4) is 0 Å². The van der Waals surface area contributed by atoms with E-state index in [-0.39, 0.29) is 24.0 Å². The second-order valence-electron chi connectivity index (χ2n) is 7.63.